The first-order valence-electron chi connectivity index (χ1n) is 7.38. The highest BCUT2D eigenvalue weighted by Crippen LogP contribution is 2.35. The van der Waals surface area contributed by atoms with Crippen molar-refractivity contribution in [2.75, 3.05) is 30.3 Å². The number of aliphatic hydroxyl groups excluding tert-OH is 1. The van der Waals surface area contributed by atoms with Crippen LogP contribution in [0.2, 0.25) is 0 Å². The lowest BCUT2D eigenvalue weighted by molar-refractivity contribution is 0.244. The number of halogens is 1. The lowest BCUT2D eigenvalue weighted by Gasteiger charge is -2.35. The summed E-state index contributed by atoms with van der Waals surface area (Å²) in [4.78, 5) is 6.78. The zero-order chi connectivity index (χ0) is 14.8. The summed E-state index contributed by atoms with van der Waals surface area (Å²) in [6, 6.07) is 6.10. The molecular formula is C16H20BrN3O. The highest BCUT2D eigenvalue weighted by molar-refractivity contribution is 9.10. The smallest absolute Gasteiger partial charge is 0.0745 e. The maximum atomic E-state index is 9.18. The second kappa shape index (κ2) is 6.20. The monoisotopic (exact) mass is 349 g/mol. The summed E-state index contributed by atoms with van der Waals surface area (Å²) >= 11 is 3.53. The molecule has 0 radical (unpaired) electrons. The molecule has 1 unspecified atom stereocenters. The van der Waals surface area contributed by atoms with E-state index in [2.05, 4.69) is 31.9 Å². The minimum absolute atomic E-state index is 0.261. The maximum Gasteiger partial charge on any atom is 0.0745 e. The topological polar surface area (TPSA) is 62.4 Å². The largest absolute Gasteiger partial charge is 0.396 e. The van der Waals surface area contributed by atoms with Crippen molar-refractivity contribution in [3.63, 3.8) is 0 Å². The summed E-state index contributed by atoms with van der Waals surface area (Å²) in [6.45, 7) is 2.23. The normalized spacial score (nSPS) is 19.1. The molecule has 1 aromatic heterocycles. The molecule has 5 heteroatoms. The van der Waals surface area contributed by atoms with Gasteiger partial charge in [-0.05, 0) is 43.4 Å². The Hall–Kier alpha value is -1.33. The minimum Gasteiger partial charge on any atom is -0.396 e. The van der Waals surface area contributed by atoms with Crippen LogP contribution in [0.4, 0.5) is 11.4 Å². The second-order valence-corrected chi connectivity index (χ2v) is 6.61. The fraction of sp³-hybridized carbons (Fsp3) is 0.438. The van der Waals surface area contributed by atoms with Crippen LogP contribution in [0.1, 0.15) is 19.3 Å². The molecule has 3 rings (SSSR count). The molecule has 1 aromatic carbocycles. The fourth-order valence-corrected chi connectivity index (χ4v) is 3.57. The summed E-state index contributed by atoms with van der Waals surface area (Å²) in [5.74, 6) is 0.540. The third-order valence-corrected chi connectivity index (χ3v) is 4.70. The molecule has 0 bridgehead atoms. The molecule has 21 heavy (non-hydrogen) atoms. The Morgan fingerprint density at radius 1 is 1.43 bits per heavy atom. The van der Waals surface area contributed by atoms with Crippen molar-refractivity contribution in [2.24, 2.45) is 5.92 Å². The van der Waals surface area contributed by atoms with E-state index in [-0.39, 0.29) is 6.61 Å². The van der Waals surface area contributed by atoms with Gasteiger partial charge in [0.15, 0.2) is 0 Å². The molecule has 0 saturated carbocycles. The van der Waals surface area contributed by atoms with Gasteiger partial charge in [-0.1, -0.05) is 15.9 Å². The number of nitrogens with two attached hydrogens (primary N) is 1. The van der Waals surface area contributed by atoms with E-state index in [4.69, 9.17) is 5.73 Å². The molecule has 2 aromatic rings. The van der Waals surface area contributed by atoms with Crippen molar-refractivity contribution in [2.45, 2.75) is 19.3 Å². The van der Waals surface area contributed by atoms with Gasteiger partial charge in [-0.2, -0.15) is 0 Å². The van der Waals surface area contributed by atoms with Gasteiger partial charge >= 0.3 is 0 Å². The van der Waals surface area contributed by atoms with Crippen LogP contribution in [0.25, 0.3) is 10.9 Å². The molecule has 0 aliphatic carbocycles. The zero-order valence-electron chi connectivity index (χ0n) is 11.9. The highest BCUT2D eigenvalue weighted by Gasteiger charge is 2.23. The van der Waals surface area contributed by atoms with E-state index in [9.17, 15) is 5.11 Å². The lowest BCUT2D eigenvalue weighted by atomic mass is 9.94. The van der Waals surface area contributed by atoms with Crippen LogP contribution < -0.4 is 10.6 Å². The average Bonchev–Trinajstić information content (AvgIpc) is 2.47. The van der Waals surface area contributed by atoms with Crippen LogP contribution in [0, 0.1) is 5.92 Å². The number of piperidine rings is 1. The van der Waals surface area contributed by atoms with E-state index in [0.29, 0.717) is 5.92 Å². The predicted molar refractivity (Wildman–Crippen MR) is 90.5 cm³/mol. The zero-order valence-corrected chi connectivity index (χ0v) is 13.5. The molecule has 1 atom stereocenters. The Kier molecular flexibility index (Phi) is 4.31. The first kappa shape index (κ1) is 14.6. The van der Waals surface area contributed by atoms with Gasteiger partial charge in [-0.15, -0.1) is 0 Å². The molecule has 1 aliphatic heterocycles. The van der Waals surface area contributed by atoms with Crippen LogP contribution in [-0.2, 0) is 0 Å². The summed E-state index contributed by atoms with van der Waals surface area (Å²) in [6.07, 6.45) is 4.94. The Morgan fingerprint density at radius 2 is 2.29 bits per heavy atom. The molecule has 1 saturated heterocycles. The van der Waals surface area contributed by atoms with E-state index in [1.807, 2.05) is 12.1 Å². The molecule has 3 N–H and O–H groups in total. The van der Waals surface area contributed by atoms with Crippen LogP contribution in [0.5, 0.6) is 0 Å². The number of hydrogen-bond donors (Lipinski definition) is 2. The Labute approximate surface area is 133 Å². The number of rotatable bonds is 3. The maximum absolute atomic E-state index is 9.18. The van der Waals surface area contributed by atoms with Gasteiger partial charge in [-0.3, -0.25) is 4.98 Å². The van der Waals surface area contributed by atoms with Crippen molar-refractivity contribution in [1.29, 1.82) is 0 Å². The standard InChI is InChI=1S/C16H20BrN3O/c17-12-3-4-15-13(8-12)16(14(18)9-19-15)20-6-1-2-11(10-20)5-7-21/h3-4,8-9,11,21H,1-2,5-7,10,18H2. The van der Waals surface area contributed by atoms with Gasteiger partial charge in [0.25, 0.3) is 0 Å². The van der Waals surface area contributed by atoms with E-state index < -0.39 is 0 Å². The van der Waals surface area contributed by atoms with Gasteiger partial charge in [0.05, 0.1) is 23.1 Å². The summed E-state index contributed by atoms with van der Waals surface area (Å²) in [5, 5.41) is 10.3. The van der Waals surface area contributed by atoms with Crippen molar-refractivity contribution >= 4 is 38.2 Å². The molecule has 4 nitrogen and oxygen atoms in total. The number of fused-ring (bicyclic) bond motifs is 1. The molecule has 112 valence electrons. The Balaban J connectivity index is 2.02. The first-order valence-corrected chi connectivity index (χ1v) is 8.18. The lowest BCUT2D eigenvalue weighted by Crippen LogP contribution is -2.36. The number of nitrogens with zero attached hydrogens (tertiary/aromatic N) is 2. The van der Waals surface area contributed by atoms with Crippen molar-refractivity contribution in [1.82, 2.24) is 4.98 Å². The van der Waals surface area contributed by atoms with E-state index in [0.717, 1.165) is 52.7 Å². The van der Waals surface area contributed by atoms with Crippen LogP contribution in [0.15, 0.2) is 28.9 Å². The molecule has 2 heterocycles. The fourth-order valence-electron chi connectivity index (χ4n) is 3.21. The second-order valence-electron chi connectivity index (χ2n) is 5.69. The average molecular weight is 350 g/mol. The third kappa shape index (κ3) is 2.99. The highest BCUT2D eigenvalue weighted by atomic mass is 79.9. The van der Waals surface area contributed by atoms with Gasteiger partial charge in [0.2, 0.25) is 0 Å². The van der Waals surface area contributed by atoms with Crippen molar-refractivity contribution in [3.05, 3.63) is 28.9 Å². The SMILES string of the molecule is Nc1cnc2ccc(Br)cc2c1N1CCCC(CCO)C1. The van der Waals surface area contributed by atoms with E-state index in [1.54, 1.807) is 6.20 Å². The molecule has 1 aliphatic rings. The first-order chi connectivity index (χ1) is 10.2. The van der Waals surface area contributed by atoms with Gasteiger partial charge in [0, 0.05) is 29.6 Å². The summed E-state index contributed by atoms with van der Waals surface area (Å²) in [7, 11) is 0. The van der Waals surface area contributed by atoms with Crippen molar-refractivity contribution in [3.8, 4) is 0 Å². The Bertz CT molecular complexity index is 639. The van der Waals surface area contributed by atoms with Crippen LogP contribution in [-0.4, -0.2) is 29.8 Å². The Morgan fingerprint density at radius 3 is 3.10 bits per heavy atom. The number of aromatic nitrogens is 1. The van der Waals surface area contributed by atoms with Gasteiger partial charge in [0.1, 0.15) is 0 Å². The number of aliphatic hydroxyl groups is 1. The molecule has 1 fully saturated rings. The number of nitrogen functional groups attached to an aromatic ring is 1. The van der Waals surface area contributed by atoms with E-state index >= 15 is 0 Å². The van der Waals surface area contributed by atoms with E-state index in [1.165, 1.54) is 6.42 Å². The predicted octanol–water partition coefficient (Wildman–Crippen LogP) is 3.18. The number of pyridine rings is 1. The summed E-state index contributed by atoms with van der Waals surface area (Å²) < 4.78 is 1.03. The van der Waals surface area contributed by atoms with Gasteiger partial charge < -0.3 is 15.7 Å². The molecular weight excluding hydrogens is 330 g/mol. The number of benzene rings is 1. The number of anilines is 2. The third-order valence-electron chi connectivity index (χ3n) is 4.20. The van der Waals surface area contributed by atoms with Gasteiger partial charge in [-0.25, -0.2) is 0 Å². The summed E-state index contributed by atoms with van der Waals surface area (Å²) in [5.41, 5.74) is 9.00. The molecule has 0 spiro atoms. The number of hydrogen-bond acceptors (Lipinski definition) is 4. The van der Waals surface area contributed by atoms with Crippen LogP contribution in [0.3, 0.4) is 0 Å². The quantitative estimate of drug-likeness (QED) is 0.893. The van der Waals surface area contributed by atoms with Crippen molar-refractivity contribution < 1.29 is 5.11 Å². The molecule has 0 amide bonds. The minimum atomic E-state index is 0.261. The van der Waals surface area contributed by atoms with Crippen LogP contribution >= 0.6 is 15.9 Å².